The van der Waals surface area contributed by atoms with Crippen LogP contribution in [-0.2, 0) is 6.42 Å². The minimum absolute atomic E-state index is 0.822. The lowest BCUT2D eigenvalue weighted by atomic mass is 10.2. The van der Waals surface area contributed by atoms with Crippen molar-refractivity contribution in [3.8, 4) is 0 Å². The Morgan fingerprint density at radius 3 is 3.06 bits per heavy atom. The summed E-state index contributed by atoms with van der Waals surface area (Å²) in [5.74, 6) is 0. The fourth-order valence-electron chi connectivity index (χ4n) is 2.30. The predicted molar refractivity (Wildman–Crippen MR) is 66.9 cm³/mol. The first-order valence-corrected chi connectivity index (χ1v) is 6.14. The number of piperazine rings is 1. The first-order chi connectivity index (χ1) is 8.43. The second-order valence-electron chi connectivity index (χ2n) is 4.42. The van der Waals surface area contributed by atoms with Crippen molar-refractivity contribution in [2.24, 2.45) is 0 Å². The zero-order valence-electron chi connectivity index (χ0n) is 9.82. The first kappa shape index (κ1) is 10.7. The molecule has 1 saturated heterocycles. The van der Waals surface area contributed by atoms with Gasteiger partial charge in [0.2, 0.25) is 0 Å². The van der Waals surface area contributed by atoms with Crippen molar-refractivity contribution in [3.63, 3.8) is 0 Å². The number of rotatable bonds is 3. The quantitative estimate of drug-likeness (QED) is 0.803. The van der Waals surface area contributed by atoms with Gasteiger partial charge >= 0.3 is 0 Å². The molecule has 3 heterocycles. The van der Waals surface area contributed by atoms with E-state index in [1.165, 1.54) is 5.69 Å². The average Bonchev–Trinajstić information content (AvgIpc) is 2.81. The van der Waals surface area contributed by atoms with Crippen molar-refractivity contribution in [2.45, 2.75) is 6.42 Å². The van der Waals surface area contributed by atoms with Crippen LogP contribution in [0.4, 0.5) is 0 Å². The lowest BCUT2D eigenvalue weighted by molar-refractivity contribution is 0.243. The molecule has 17 heavy (non-hydrogen) atoms. The van der Waals surface area contributed by atoms with Crippen LogP contribution in [0.25, 0.3) is 11.0 Å². The molecule has 2 aromatic heterocycles. The molecule has 0 radical (unpaired) electrons. The lowest BCUT2D eigenvalue weighted by Gasteiger charge is -2.26. The first-order valence-electron chi connectivity index (χ1n) is 6.14. The van der Waals surface area contributed by atoms with E-state index in [2.05, 4.69) is 31.5 Å². The van der Waals surface area contributed by atoms with E-state index in [-0.39, 0.29) is 0 Å². The summed E-state index contributed by atoms with van der Waals surface area (Å²) in [7, 11) is 0. The standard InChI is InChI=1S/C12H17N5/c1-2-10-11(15-16-12(10)14-4-1)3-7-17-8-5-13-6-9-17/h1-2,4,13H,3,5-9H2,(H,14,15,16). The van der Waals surface area contributed by atoms with Gasteiger partial charge in [0.05, 0.1) is 0 Å². The summed E-state index contributed by atoms with van der Waals surface area (Å²) in [5.41, 5.74) is 2.02. The second kappa shape index (κ2) is 4.81. The second-order valence-corrected chi connectivity index (χ2v) is 4.42. The van der Waals surface area contributed by atoms with Crippen LogP contribution in [0.1, 0.15) is 5.69 Å². The highest BCUT2D eigenvalue weighted by atomic mass is 15.2. The zero-order chi connectivity index (χ0) is 11.5. The highest BCUT2D eigenvalue weighted by molar-refractivity contribution is 5.77. The lowest BCUT2D eigenvalue weighted by Crippen LogP contribution is -2.44. The van der Waals surface area contributed by atoms with Gasteiger partial charge in [-0.25, -0.2) is 4.98 Å². The molecule has 1 aliphatic rings. The Balaban J connectivity index is 1.68. The van der Waals surface area contributed by atoms with E-state index in [4.69, 9.17) is 0 Å². The van der Waals surface area contributed by atoms with Crippen LogP contribution in [0.3, 0.4) is 0 Å². The Labute approximate surface area is 100 Å². The van der Waals surface area contributed by atoms with Crippen LogP contribution >= 0.6 is 0 Å². The molecule has 0 amide bonds. The number of nitrogens with one attached hydrogen (secondary N) is 2. The zero-order valence-corrected chi connectivity index (χ0v) is 9.82. The Morgan fingerprint density at radius 1 is 1.29 bits per heavy atom. The monoisotopic (exact) mass is 231 g/mol. The van der Waals surface area contributed by atoms with E-state index < -0.39 is 0 Å². The minimum Gasteiger partial charge on any atom is -0.314 e. The molecular formula is C12H17N5. The van der Waals surface area contributed by atoms with Gasteiger partial charge in [0, 0.05) is 56.4 Å². The van der Waals surface area contributed by atoms with E-state index in [0.717, 1.165) is 50.2 Å². The molecule has 90 valence electrons. The number of aromatic amines is 1. The van der Waals surface area contributed by atoms with Gasteiger partial charge in [-0.3, -0.25) is 5.10 Å². The smallest absolute Gasteiger partial charge is 0.181 e. The number of aromatic nitrogens is 3. The number of hydrogen-bond donors (Lipinski definition) is 2. The van der Waals surface area contributed by atoms with E-state index in [9.17, 15) is 0 Å². The number of nitrogens with zero attached hydrogens (tertiary/aromatic N) is 3. The van der Waals surface area contributed by atoms with Crippen LogP contribution in [-0.4, -0.2) is 52.8 Å². The molecule has 0 atom stereocenters. The number of H-pyrrole nitrogens is 1. The van der Waals surface area contributed by atoms with E-state index in [1.807, 2.05) is 6.07 Å². The maximum atomic E-state index is 4.23. The summed E-state index contributed by atoms with van der Waals surface area (Å²) in [6.07, 6.45) is 2.80. The summed E-state index contributed by atoms with van der Waals surface area (Å²) in [4.78, 5) is 6.72. The van der Waals surface area contributed by atoms with Crippen LogP contribution < -0.4 is 5.32 Å². The molecule has 2 aromatic rings. The number of pyridine rings is 1. The number of fused-ring (bicyclic) bond motifs is 1. The third-order valence-corrected chi connectivity index (χ3v) is 3.30. The predicted octanol–water partition coefficient (Wildman–Crippen LogP) is 0.406. The Kier molecular flexibility index (Phi) is 3.02. The van der Waals surface area contributed by atoms with Crippen molar-refractivity contribution >= 4 is 11.0 Å². The molecule has 2 N–H and O–H groups in total. The van der Waals surface area contributed by atoms with E-state index >= 15 is 0 Å². The third kappa shape index (κ3) is 2.30. The van der Waals surface area contributed by atoms with Gasteiger partial charge in [0.1, 0.15) is 0 Å². The van der Waals surface area contributed by atoms with Gasteiger partial charge in [-0.15, -0.1) is 0 Å². The molecule has 0 saturated carbocycles. The molecule has 5 heteroatoms. The molecule has 0 bridgehead atoms. The Morgan fingerprint density at radius 2 is 2.18 bits per heavy atom. The summed E-state index contributed by atoms with van der Waals surface area (Å²) >= 11 is 0. The molecule has 0 aromatic carbocycles. The van der Waals surface area contributed by atoms with Crippen molar-refractivity contribution in [2.75, 3.05) is 32.7 Å². The molecular weight excluding hydrogens is 214 g/mol. The maximum absolute atomic E-state index is 4.23. The number of hydrogen-bond acceptors (Lipinski definition) is 4. The van der Waals surface area contributed by atoms with Gasteiger partial charge in [0.25, 0.3) is 0 Å². The minimum atomic E-state index is 0.822. The molecule has 0 aliphatic carbocycles. The fraction of sp³-hybridized carbons (Fsp3) is 0.500. The van der Waals surface area contributed by atoms with Gasteiger partial charge in [-0.2, -0.15) is 5.10 Å². The van der Waals surface area contributed by atoms with Crippen LogP contribution in [0.5, 0.6) is 0 Å². The molecule has 1 aliphatic heterocycles. The molecule has 0 unspecified atom stereocenters. The van der Waals surface area contributed by atoms with E-state index in [0.29, 0.717) is 0 Å². The third-order valence-electron chi connectivity index (χ3n) is 3.30. The van der Waals surface area contributed by atoms with Crippen molar-refractivity contribution < 1.29 is 0 Å². The van der Waals surface area contributed by atoms with Crippen LogP contribution in [0.15, 0.2) is 18.3 Å². The highest BCUT2D eigenvalue weighted by Crippen LogP contribution is 2.13. The average molecular weight is 231 g/mol. The molecule has 1 fully saturated rings. The van der Waals surface area contributed by atoms with Gasteiger partial charge in [-0.05, 0) is 12.1 Å². The topological polar surface area (TPSA) is 56.8 Å². The van der Waals surface area contributed by atoms with Gasteiger partial charge < -0.3 is 10.2 Å². The Bertz CT molecular complexity index is 486. The van der Waals surface area contributed by atoms with Crippen LogP contribution in [0.2, 0.25) is 0 Å². The van der Waals surface area contributed by atoms with Crippen molar-refractivity contribution in [1.82, 2.24) is 25.4 Å². The molecule has 0 spiro atoms. The summed E-state index contributed by atoms with van der Waals surface area (Å²) in [6.45, 7) is 5.58. The summed E-state index contributed by atoms with van der Waals surface area (Å²) < 4.78 is 0. The SMILES string of the molecule is c1cnc2n[nH]c(CCN3CCNCC3)c2c1. The van der Waals surface area contributed by atoms with Gasteiger partial charge in [-0.1, -0.05) is 0 Å². The van der Waals surface area contributed by atoms with E-state index in [1.54, 1.807) is 6.20 Å². The van der Waals surface area contributed by atoms with Gasteiger partial charge in [0.15, 0.2) is 5.65 Å². The normalized spacial score (nSPS) is 17.6. The largest absolute Gasteiger partial charge is 0.314 e. The fourth-order valence-corrected chi connectivity index (χ4v) is 2.30. The van der Waals surface area contributed by atoms with Crippen LogP contribution in [0, 0.1) is 0 Å². The summed E-state index contributed by atoms with van der Waals surface area (Å²) in [6, 6.07) is 4.05. The summed E-state index contributed by atoms with van der Waals surface area (Å²) in [5, 5.41) is 11.8. The Hall–Kier alpha value is -1.46. The van der Waals surface area contributed by atoms with Crippen molar-refractivity contribution in [1.29, 1.82) is 0 Å². The molecule has 3 rings (SSSR count). The highest BCUT2D eigenvalue weighted by Gasteiger charge is 2.11. The van der Waals surface area contributed by atoms with Crippen molar-refractivity contribution in [3.05, 3.63) is 24.0 Å². The maximum Gasteiger partial charge on any atom is 0.181 e. The molecule has 5 nitrogen and oxygen atoms in total.